The van der Waals surface area contributed by atoms with Gasteiger partial charge in [-0.25, -0.2) is 18.7 Å². The molecule has 0 aliphatic carbocycles. The van der Waals surface area contributed by atoms with Crippen molar-refractivity contribution in [2.24, 2.45) is 0 Å². The molecule has 0 spiro atoms. The molecule has 7 heteroatoms. The van der Waals surface area contributed by atoms with E-state index in [1.165, 1.54) is 17.8 Å². The summed E-state index contributed by atoms with van der Waals surface area (Å²) in [6, 6.07) is 10.2. The first kappa shape index (κ1) is 15.2. The van der Waals surface area contributed by atoms with E-state index in [1.807, 2.05) is 18.2 Å². The molecule has 23 heavy (non-hydrogen) atoms. The zero-order valence-corrected chi connectivity index (χ0v) is 12.6. The van der Waals surface area contributed by atoms with Gasteiger partial charge < -0.3 is 10.5 Å². The molecule has 0 unspecified atom stereocenters. The molecule has 0 bridgehead atoms. The summed E-state index contributed by atoms with van der Waals surface area (Å²) in [7, 11) is 0. The molecule has 0 aliphatic rings. The van der Waals surface area contributed by atoms with Crippen molar-refractivity contribution in [1.82, 2.24) is 9.97 Å². The minimum absolute atomic E-state index is 0.110. The summed E-state index contributed by atoms with van der Waals surface area (Å²) in [6.07, 6.45) is 3.25. The van der Waals surface area contributed by atoms with E-state index in [0.29, 0.717) is 0 Å². The summed E-state index contributed by atoms with van der Waals surface area (Å²) in [5.41, 5.74) is 5.75. The predicted octanol–water partition coefficient (Wildman–Crippen LogP) is 4.28. The van der Waals surface area contributed by atoms with E-state index < -0.39 is 11.6 Å². The maximum Gasteiger partial charge on any atom is 0.170 e. The fraction of sp³-hybridized carbons (Fsp3) is 0. The number of nitrogens with zero attached hydrogens (tertiary/aromatic N) is 2. The van der Waals surface area contributed by atoms with Gasteiger partial charge >= 0.3 is 0 Å². The molecule has 116 valence electrons. The number of aromatic nitrogens is 2. The van der Waals surface area contributed by atoms with Gasteiger partial charge in [0.05, 0.1) is 0 Å². The Bertz CT molecular complexity index is 831. The van der Waals surface area contributed by atoms with E-state index in [-0.39, 0.29) is 17.3 Å². The van der Waals surface area contributed by atoms with E-state index in [9.17, 15) is 8.78 Å². The first-order valence-corrected chi connectivity index (χ1v) is 7.41. The Labute approximate surface area is 135 Å². The Balaban J connectivity index is 1.86. The number of pyridine rings is 2. The average Bonchev–Trinajstić information content (AvgIpc) is 2.54. The van der Waals surface area contributed by atoms with Crippen LogP contribution in [0.1, 0.15) is 0 Å². The third kappa shape index (κ3) is 3.75. The highest BCUT2D eigenvalue weighted by Gasteiger charge is 2.11. The second-order valence-electron chi connectivity index (χ2n) is 4.50. The van der Waals surface area contributed by atoms with Crippen molar-refractivity contribution in [1.29, 1.82) is 0 Å². The lowest BCUT2D eigenvalue weighted by Gasteiger charge is -2.10. The van der Waals surface area contributed by atoms with Crippen molar-refractivity contribution in [3.8, 4) is 11.5 Å². The quantitative estimate of drug-likeness (QED) is 0.773. The molecule has 2 heterocycles. The van der Waals surface area contributed by atoms with Gasteiger partial charge in [0.15, 0.2) is 23.1 Å². The van der Waals surface area contributed by atoms with Crippen LogP contribution in [0.15, 0.2) is 64.8 Å². The summed E-state index contributed by atoms with van der Waals surface area (Å²) >= 11 is 1.36. The number of benzene rings is 1. The van der Waals surface area contributed by atoms with Crippen molar-refractivity contribution in [2.45, 2.75) is 9.92 Å². The Morgan fingerprint density at radius 3 is 2.61 bits per heavy atom. The molecule has 0 atom stereocenters. The van der Waals surface area contributed by atoms with Crippen LogP contribution < -0.4 is 10.5 Å². The fourth-order valence-electron chi connectivity index (χ4n) is 1.78. The topological polar surface area (TPSA) is 61.0 Å². The van der Waals surface area contributed by atoms with Crippen LogP contribution in [0, 0.1) is 11.6 Å². The number of hydrogen-bond donors (Lipinski definition) is 1. The maximum atomic E-state index is 13.7. The second-order valence-corrected chi connectivity index (χ2v) is 5.60. The standard InChI is InChI=1S/C16H11F2N3OS/c17-10-4-5-13(12(18)7-10)22-14-8-11(9-21-16(14)19)23-15-3-1-2-6-20-15/h1-9H,(H2,19,21). The number of rotatable bonds is 4. The van der Waals surface area contributed by atoms with Crippen LogP contribution in [0.4, 0.5) is 14.6 Å². The molecule has 2 N–H and O–H groups in total. The Hall–Kier alpha value is -2.67. The van der Waals surface area contributed by atoms with Gasteiger partial charge in [-0.1, -0.05) is 17.8 Å². The number of anilines is 1. The molecule has 0 saturated heterocycles. The third-order valence-electron chi connectivity index (χ3n) is 2.83. The van der Waals surface area contributed by atoms with Crippen molar-refractivity contribution >= 4 is 17.6 Å². The molecule has 0 fully saturated rings. The van der Waals surface area contributed by atoms with E-state index in [0.717, 1.165) is 22.1 Å². The molecule has 0 amide bonds. The van der Waals surface area contributed by atoms with Gasteiger partial charge in [-0.05, 0) is 24.3 Å². The largest absolute Gasteiger partial charge is 0.450 e. The van der Waals surface area contributed by atoms with Gasteiger partial charge in [0.25, 0.3) is 0 Å². The van der Waals surface area contributed by atoms with Crippen LogP contribution in [0.5, 0.6) is 11.5 Å². The first-order chi connectivity index (χ1) is 11.1. The summed E-state index contributed by atoms with van der Waals surface area (Å²) in [6.45, 7) is 0. The number of halogens is 2. The van der Waals surface area contributed by atoms with E-state index >= 15 is 0 Å². The normalized spacial score (nSPS) is 10.5. The van der Waals surface area contributed by atoms with Crippen LogP contribution in [-0.4, -0.2) is 9.97 Å². The molecular formula is C16H11F2N3OS. The van der Waals surface area contributed by atoms with Gasteiger partial charge in [-0.3, -0.25) is 0 Å². The zero-order chi connectivity index (χ0) is 16.2. The minimum atomic E-state index is -0.813. The highest BCUT2D eigenvalue weighted by Crippen LogP contribution is 2.33. The van der Waals surface area contributed by atoms with Crippen molar-refractivity contribution in [2.75, 3.05) is 5.73 Å². The zero-order valence-electron chi connectivity index (χ0n) is 11.7. The Kier molecular flexibility index (Phi) is 4.38. The van der Waals surface area contributed by atoms with Crippen LogP contribution >= 0.6 is 11.8 Å². The lowest BCUT2D eigenvalue weighted by molar-refractivity contribution is 0.437. The van der Waals surface area contributed by atoms with Crippen LogP contribution in [-0.2, 0) is 0 Å². The van der Waals surface area contributed by atoms with E-state index in [4.69, 9.17) is 10.5 Å². The van der Waals surface area contributed by atoms with Gasteiger partial charge in [0.2, 0.25) is 0 Å². The second kappa shape index (κ2) is 6.62. The lowest BCUT2D eigenvalue weighted by Crippen LogP contribution is -1.97. The summed E-state index contributed by atoms with van der Waals surface area (Å²) in [5.74, 6) is -1.32. The van der Waals surface area contributed by atoms with Gasteiger partial charge in [-0.2, -0.15) is 0 Å². The predicted molar refractivity (Wildman–Crippen MR) is 83.4 cm³/mol. The maximum absolute atomic E-state index is 13.7. The van der Waals surface area contributed by atoms with Crippen LogP contribution in [0.3, 0.4) is 0 Å². The van der Waals surface area contributed by atoms with E-state index in [1.54, 1.807) is 18.5 Å². The molecule has 0 aliphatic heterocycles. The summed E-state index contributed by atoms with van der Waals surface area (Å²) < 4.78 is 32.0. The number of nitrogens with two attached hydrogens (primary N) is 1. The van der Waals surface area contributed by atoms with Crippen molar-refractivity contribution < 1.29 is 13.5 Å². The van der Waals surface area contributed by atoms with E-state index in [2.05, 4.69) is 9.97 Å². The molecule has 3 aromatic rings. The van der Waals surface area contributed by atoms with Gasteiger partial charge in [0, 0.05) is 29.4 Å². The summed E-state index contributed by atoms with van der Waals surface area (Å²) in [4.78, 5) is 8.95. The molecule has 4 nitrogen and oxygen atoms in total. The molecule has 2 aromatic heterocycles. The first-order valence-electron chi connectivity index (χ1n) is 6.59. The number of nitrogen functional groups attached to an aromatic ring is 1. The molecule has 0 radical (unpaired) electrons. The minimum Gasteiger partial charge on any atom is -0.450 e. The smallest absolute Gasteiger partial charge is 0.170 e. The molecule has 3 rings (SSSR count). The van der Waals surface area contributed by atoms with Crippen molar-refractivity contribution in [3.05, 3.63) is 66.5 Å². The number of hydrogen-bond acceptors (Lipinski definition) is 5. The van der Waals surface area contributed by atoms with Gasteiger partial charge in [-0.15, -0.1) is 0 Å². The lowest BCUT2D eigenvalue weighted by atomic mass is 10.3. The SMILES string of the molecule is Nc1ncc(Sc2ccccn2)cc1Oc1ccc(F)cc1F. The van der Waals surface area contributed by atoms with Crippen LogP contribution in [0.2, 0.25) is 0 Å². The highest BCUT2D eigenvalue weighted by molar-refractivity contribution is 7.99. The Morgan fingerprint density at radius 1 is 1.00 bits per heavy atom. The third-order valence-corrected chi connectivity index (χ3v) is 3.74. The fourth-order valence-corrected chi connectivity index (χ4v) is 2.55. The van der Waals surface area contributed by atoms with Gasteiger partial charge in [0.1, 0.15) is 10.8 Å². The monoisotopic (exact) mass is 331 g/mol. The number of ether oxygens (including phenoxy) is 1. The molecule has 1 aromatic carbocycles. The molecule has 0 saturated carbocycles. The molecular weight excluding hydrogens is 320 g/mol. The van der Waals surface area contributed by atoms with Crippen LogP contribution in [0.25, 0.3) is 0 Å². The summed E-state index contributed by atoms with van der Waals surface area (Å²) in [5, 5.41) is 0.776. The highest BCUT2D eigenvalue weighted by atomic mass is 32.2. The Morgan fingerprint density at radius 2 is 1.87 bits per heavy atom. The van der Waals surface area contributed by atoms with Crippen molar-refractivity contribution in [3.63, 3.8) is 0 Å². The average molecular weight is 331 g/mol.